The molecule has 1 saturated carbocycles. The molecule has 1 aliphatic carbocycles. The molecule has 1 heterocycles. The van der Waals surface area contributed by atoms with Crippen molar-refractivity contribution in [1.82, 2.24) is 9.80 Å². The maximum atomic E-state index is 12.9. The van der Waals surface area contributed by atoms with Gasteiger partial charge in [-0.3, -0.25) is 9.59 Å². The summed E-state index contributed by atoms with van der Waals surface area (Å²) < 4.78 is 0. The van der Waals surface area contributed by atoms with Gasteiger partial charge >= 0.3 is 0 Å². The first kappa shape index (κ1) is 22.0. The largest absolute Gasteiger partial charge is 0.394 e. The van der Waals surface area contributed by atoms with Crippen molar-refractivity contribution in [3.63, 3.8) is 0 Å². The molecule has 1 aliphatic heterocycles. The summed E-state index contributed by atoms with van der Waals surface area (Å²) in [6.45, 7) is -0.155. The monoisotopic (exact) mass is 431 g/mol. The molecule has 6 nitrogen and oxygen atoms in total. The highest BCUT2D eigenvalue weighted by Crippen LogP contribution is 2.43. The number of benzene rings is 2. The zero-order valence-electron chi connectivity index (χ0n) is 18.6. The first-order valence-electron chi connectivity index (χ1n) is 11.2. The number of rotatable bonds is 5. The molecule has 166 valence electrons. The topological polar surface area (TPSA) is 84.6 Å². The van der Waals surface area contributed by atoms with E-state index in [9.17, 15) is 20.0 Å². The molecular formula is C26H29N3O3. The van der Waals surface area contributed by atoms with Gasteiger partial charge in [0.2, 0.25) is 5.91 Å². The van der Waals surface area contributed by atoms with Gasteiger partial charge in [0.15, 0.2) is 0 Å². The van der Waals surface area contributed by atoms with Crippen LogP contribution in [0.3, 0.4) is 0 Å². The Morgan fingerprint density at radius 1 is 1.09 bits per heavy atom. The van der Waals surface area contributed by atoms with Crippen LogP contribution in [-0.4, -0.2) is 59.5 Å². The van der Waals surface area contributed by atoms with Crippen LogP contribution in [0.5, 0.6) is 0 Å². The minimum atomic E-state index is -0.549. The number of aliphatic hydroxyl groups is 1. The molecule has 2 aliphatic rings. The molecule has 0 radical (unpaired) electrons. The van der Waals surface area contributed by atoms with Gasteiger partial charge in [-0.25, -0.2) is 0 Å². The van der Waals surface area contributed by atoms with Crippen molar-refractivity contribution in [2.75, 3.05) is 20.7 Å². The van der Waals surface area contributed by atoms with E-state index in [1.165, 1.54) is 0 Å². The van der Waals surface area contributed by atoms with E-state index in [1.54, 1.807) is 30.0 Å². The van der Waals surface area contributed by atoms with Crippen molar-refractivity contribution in [2.45, 2.75) is 43.7 Å². The highest BCUT2D eigenvalue weighted by molar-refractivity contribution is 5.95. The van der Waals surface area contributed by atoms with Crippen molar-refractivity contribution in [3.05, 3.63) is 59.7 Å². The van der Waals surface area contributed by atoms with Crippen LogP contribution in [-0.2, 0) is 4.79 Å². The number of aliphatic hydroxyl groups excluding tert-OH is 1. The van der Waals surface area contributed by atoms with E-state index in [0.717, 1.165) is 42.4 Å². The van der Waals surface area contributed by atoms with Crippen LogP contribution in [0, 0.1) is 17.2 Å². The second-order valence-corrected chi connectivity index (χ2v) is 8.98. The summed E-state index contributed by atoms with van der Waals surface area (Å²) in [4.78, 5) is 28.4. The average Bonchev–Trinajstić information content (AvgIpc) is 3.34. The number of amides is 2. The molecule has 1 N–H and O–H groups in total. The Morgan fingerprint density at radius 3 is 2.38 bits per heavy atom. The van der Waals surface area contributed by atoms with Crippen molar-refractivity contribution < 1.29 is 14.7 Å². The van der Waals surface area contributed by atoms with Gasteiger partial charge in [0.25, 0.3) is 5.91 Å². The van der Waals surface area contributed by atoms with Crippen LogP contribution in [0.4, 0.5) is 0 Å². The lowest BCUT2D eigenvalue weighted by atomic mass is 9.74. The Hall–Kier alpha value is -3.17. The molecule has 2 aromatic carbocycles. The maximum Gasteiger partial charge on any atom is 0.253 e. The van der Waals surface area contributed by atoms with E-state index in [0.29, 0.717) is 5.56 Å². The summed E-state index contributed by atoms with van der Waals surface area (Å²) >= 11 is 0. The van der Waals surface area contributed by atoms with Gasteiger partial charge in [-0.2, -0.15) is 5.26 Å². The molecule has 6 heteroatoms. The van der Waals surface area contributed by atoms with Crippen LogP contribution in [0.1, 0.15) is 47.5 Å². The van der Waals surface area contributed by atoms with E-state index in [1.807, 2.05) is 42.5 Å². The number of likely N-dealkylation sites (tertiary alicyclic amines) is 1. The quantitative estimate of drug-likeness (QED) is 0.786. The lowest BCUT2D eigenvalue weighted by Crippen LogP contribution is -2.66. The minimum absolute atomic E-state index is 0.0135. The van der Waals surface area contributed by atoms with Gasteiger partial charge in [-0.15, -0.1) is 0 Å². The van der Waals surface area contributed by atoms with E-state index in [4.69, 9.17) is 0 Å². The van der Waals surface area contributed by atoms with E-state index < -0.39 is 6.04 Å². The standard InChI is InChI=1S/C26H29N3O3/c1-28(2)25(31)21-9-5-8-20(14-21)17-10-12-18(13-11-17)24-22(15-27)29(23(24)16-30)26(32)19-6-3-4-7-19/h5,8-14,19,22-24,30H,3-4,6-7,16H2,1-2H3/t22-,23-,24-/m1/s1. The fraction of sp³-hybridized carbons (Fsp3) is 0.423. The van der Waals surface area contributed by atoms with E-state index in [2.05, 4.69) is 6.07 Å². The Kier molecular flexibility index (Phi) is 6.29. The molecule has 32 heavy (non-hydrogen) atoms. The molecule has 4 rings (SSSR count). The Balaban J connectivity index is 1.55. The predicted molar refractivity (Wildman–Crippen MR) is 122 cm³/mol. The van der Waals surface area contributed by atoms with Crippen molar-refractivity contribution in [1.29, 1.82) is 5.26 Å². The third-order valence-electron chi connectivity index (χ3n) is 6.83. The summed E-state index contributed by atoms with van der Waals surface area (Å²) in [6, 6.07) is 16.8. The van der Waals surface area contributed by atoms with Crippen molar-refractivity contribution >= 4 is 11.8 Å². The molecule has 2 amide bonds. The highest BCUT2D eigenvalue weighted by atomic mass is 16.3. The van der Waals surface area contributed by atoms with Crippen LogP contribution in [0.25, 0.3) is 11.1 Å². The third-order valence-corrected chi connectivity index (χ3v) is 6.83. The number of hydrogen-bond acceptors (Lipinski definition) is 4. The molecule has 0 aromatic heterocycles. The number of nitrogens with zero attached hydrogens (tertiary/aromatic N) is 3. The van der Waals surface area contributed by atoms with Gasteiger partial charge in [0.1, 0.15) is 6.04 Å². The zero-order chi connectivity index (χ0) is 22.8. The third kappa shape index (κ3) is 3.89. The molecule has 0 bridgehead atoms. The number of nitriles is 1. The predicted octanol–water partition coefficient (Wildman–Crippen LogP) is 3.42. The average molecular weight is 432 g/mol. The fourth-order valence-corrected chi connectivity index (χ4v) is 5.08. The lowest BCUT2D eigenvalue weighted by Gasteiger charge is -2.52. The Labute approximate surface area is 189 Å². The minimum Gasteiger partial charge on any atom is -0.394 e. The summed E-state index contributed by atoms with van der Waals surface area (Å²) in [5.74, 6) is -0.248. The Morgan fingerprint density at radius 2 is 1.78 bits per heavy atom. The van der Waals surface area contributed by atoms with Crippen molar-refractivity contribution in [3.8, 4) is 17.2 Å². The lowest BCUT2D eigenvalue weighted by molar-refractivity contribution is -0.151. The van der Waals surface area contributed by atoms with Crippen molar-refractivity contribution in [2.24, 2.45) is 5.92 Å². The van der Waals surface area contributed by atoms with Gasteiger partial charge < -0.3 is 14.9 Å². The number of carbonyl (C=O) groups is 2. The van der Waals surface area contributed by atoms with Crippen LogP contribution >= 0.6 is 0 Å². The molecule has 2 fully saturated rings. The summed E-state index contributed by atoms with van der Waals surface area (Å²) in [5.41, 5.74) is 3.47. The van der Waals surface area contributed by atoms with Crippen LogP contribution < -0.4 is 0 Å². The first-order chi connectivity index (χ1) is 15.5. The fourth-order valence-electron chi connectivity index (χ4n) is 5.08. The molecule has 1 saturated heterocycles. The number of carbonyl (C=O) groups excluding carboxylic acids is 2. The van der Waals surface area contributed by atoms with Crippen LogP contribution in [0.2, 0.25) is 0 Å². The molecule has 3 atom stereocenters. The van der Waals surface area contributed by atoms with Gasteiger partial charge in [-0.1, -0.05) is 49.2 Å². The summed E-state index contributed by atoms with van der Waals surface area (Å²) in [6.07, 6.45) is 3.86. The molecular weight excluding hydrogens is 402 g/mol. The van der Waals surface area contributed by atoms with Gasteiger partial charge in [0.05, 0.1) is 18.7 Å². The molecule has 2 aromatic rings. The smallest absolute Gasteiger partial charge is 0.253 e. The summed E-state index contributed by atoms with van der Waals surface area (Å²) in [5, 5.41) is 19.8. The summed E-state index contributed by atoms with van der Waals surface area (Å²) in [7, 11) is 3.46. The number of hydrogen-bond donors (Lipinski definition) is 1. The molecule has 0 unspecified atom stereocenters. The molecule has 0 spiro atoms. The zero-order valence-corrected chi connectivity index (χ0v) is 18.6. The van der Waals surface area contributed by atoms with Gasteiger partial charge in [-0.05, 0) is 41.7 Å². The SMILES string of the molecule is CN(C)C(=O)c1cccc(-c2ccc([C@@H]3[C@@H](C#N)N(C(=O)C4CCCC4)[C@@H]3CO)cc2)c1. The second-order valence-electron chi connectivity index (χ2n) is 8.98. The second kappa shape index (κ2) is 9.13. The highest BCUT2D eigenvalue weighted by Gasteiger charge is 2.52. The van der Waals surface area contributed by atoms with Crippen LogP contribution in [0.15, 0.2) is 48.5 Å². The first-order valence-corrected chi connectivity index (χ1v) is 11.2. The van der Waals surface area contributed by atoms with Gasteiger partial charge in [0, 0.05) is 31.5 Å². The van der Waals surface area contributed by atoms with E-state index in [-0.39, 0.29) is 36.3 Å². The maximum absolute atomic E-state index is 12.9. The normalized spacial score (nSPS) is 22.8. The Bertz CT molecular complexity index is 1040. The van der Waals surface area contributed by atoms with E-state index >= 15 is 0 Å².